The Bertz CT molecular complexity index is 327. The topological polar surface area (TPSA) is 0 Å². The molecule has 1 rings (SSSR count). The molecule has 0 aliphatic heterocycles. The van der Waals surface area contributed by atoms with Gasteiger partial charge < -0.3 is 0 Å². The standard InChI is InChI=1S/C13H15F/c1-11(2)5-3-4-6-12-7-9-13(14)10-8-12/h4-10H,3H2,1-2H3/b6-4+. The highest BCUT2D eigenvalue weighted by Crippen LogP contribution is 2.05. The molecule has 0 heterocycles. The lowest BCUT2D eigenvalue weighted by Gasteiger charge is -1.92. The minimum Gasteiger partial charge on any atom is -0.207 e. The third-order valence-electron chi connectivity index (χ3n) is 1.84. The lowest BCUT2D eigenvalue weighted by atomic mass is 10.2. The third-order valence-corrected chi connectivity index (χ3v) is 1.84. The Labute approximate surface area is 84.8 Å². The van der Waals surface area contributed by atoms with E-state index in [0.29, 0.717) is 0 Å². The monoisotopic (exact) mass is 190 g/mol. The first kappa shape index (κ1) is 10.7. The summed E-state index contributed by atoms with van der Waals surface area (Å²) in [5, 5.41) is 0. The van der Waals surface area contributed by atoms with Gasteiger partial charge in [0, 0.05) is 0 Å². The molecule has 0 bridgehead atoms. The zero-order chi connectivity index (χ0) is 10.4. The summed E-state index contributed by atoms with van der Waals surface area (Å²) in [5.41, 5.74) is 2.35. The average Bonchev–Trinajstić information content (AvgIpc) is 2.15. The first-order valence-electron chi connectivity index (χ1n) is 4.74. The summed E-state index contributed by atoms with van der Waals surface area (Å²) in [6.45, 7) is 4.15. The van der Waals surface area contributed by atoms with E-state index in [1.807, 2.05) is 6.08 Å². The fourth-order valence-corrected chi connectivity index (χ4v) is 1.08. The van der Waals surface area contributed by atoms with E-state index in [2.05, 4.69) is 26.0 Å². The Morgan fingerprint density at radius 3 is 2.43 bits per heavy atom. The van der Waals surface area contributed by atoms with E-state index in [1.54, 1.807) is 12.1 Å². The van der Waals surface area contributed by atoms with Gasteiger partial charge in [-0.3, -0.25) is 0 Å². The molecule has 74 valence electrons. The quantitative estimate of drug-likeness (QED) is 0.627. The van der Waals surface area contributed by atoms with Crippen LogP contribution in [-0.4, -0.2) is 0 Å². The molecule has 1 heteroatoms. The maximum atomic E-state index is 12.5. The Morgan fingerprint density at radius 2 is 1.86 bits per heavy atom. The second kappa shape index (κ2) is 5.38. The Balaban J connectivity index is 2.52. The molecule has 0 amide bonds. The molecule has 0 N–H and O–H groups in total. The number of hydrogen-bond acceptors (Lipinski definition) is 0. The van der Waals surface area contributed by atoms with Crippen molar-refractivity contribution in [2.45, 2.75) is 20.3 Å². The molecule has 0 radical (unpaired) electrons. The molecule has 0 aliphatic rings. The number of rotatable bonds is 3. The summed E-state index contributed by atoms with van der Waals surface area (Å²) < 4.78 is 12.5. The SMILES string of the molecule is CC(C)=CC/C=C/c1ccc(F)cc1. The molecule has 0 atom stereocenters. The first-order chi connectivity index (χ1) is 6.68. The molecular weight excluding hydrogens is 175 g/mol. The summed E-state index contributed by atoms with van der Waals surface area (Å²) in [5.74, 6) is -0.188. The van der Waals surface area contributed by atoms with Gasteiger partial charge in [0.1, 0.15) is 5.82 Å². The second-order valence-corrected chi connectivity index (χ2v) is 3.47. The fraction of sp³-hybridized carbons (Fsp3) is 0.231. The number of benzene rings is 1. The Morgan fingerprint density at radius 1 is 1.21 bits per heavy atom. The Hall–Kier alpha value is -1.37. The van der Waals surface area contributed by atoms with Crippen molar-refractivity contribution in [3.63, 3.8) is 0 Å². The summed E-state index contributed by atoms with van der Waals surface area (Å²) in [4.78, 5) is 0. The number of allylic oxidation sites excluding steroid dienone is 3. The molecule has 14 heavy (non-hydrogen) atoms. The maximum absolute atomic E-state index is 12.5. The van der Waals surface area contributed by atoms with Gasteiger partial charge in [0.15, 0.2) is 0 Å². The maximum Gasteiger partial charge on any atom is 0.123 e. The molecule has 1 aromatic carbocycles. The molecule has 0 saturated carbocycles. The summed E-state index contributed by atoms with van der Waals surface area (Å²) in [6.07, 6.45) is 7.15. The van der Waals surface area contributed by atoms with Gasteiger partial charge in [0.2, 0.25) is 0 Å². The minimum atomic E-state index is -0.188. The van der Waals surface area contributed by atoms with Gasteiger partial charge in [-0.05, 0) is 38.0 Å². The lowest BCUT2D eigenvalue weighted by Crippen LogP contribution is -1.74. The van der Waals surface area contributed by atoms with Crippen LogP contribution < -0.4 is 0 Å². The highest BCUT2D eigenvalue weighted by molar-refractivity contribution is 5.48. The predicted octanol–water partition coefficient (Wildman–Crippen LogP) is 4.20. The van der Waals surface area contributed by atoms with Gasteiger partial charge in [0.25, 0.3) is 0 Å². The molecular formula is C13H15F. The van der Waals surface area contributed by atoms with E-state index in [1.165, 1.54) is 17.7 Å². The van der Waals surface area contributed by atoms with Crippen LogP contribution in [0.5, 0.6) is 0 Å². The molecule has 0 spiro atoms. The van der Waals surface area contributed by atoms with Crippen LogP contribution in [0.2, 0.25) is 0 Å². The Kier molecular flexibility index (Phi) is 4.11. The van der Waals surface area contributed by atoms with E-state index in [9.17, 15) is 4.39 Å². The predicted molar refractivity (Wildman–Crippen MR) is 59.5 cm³/mol. The van der Waals surface area contributed by atoms with Gasteiger partial charge in [-0.15, -0.1) is 0 Å². The van der Waals surface area contributed by atoms with Crippen LogP contribution in [0.3, 0.4) is 0 Å². The van der Waals surface area contributed by atoms with Crippen LogP contribution in [0.15, 0.2) is 42.0 Å². The van der Waals surface area contributed by atoms with E-state index >= 15 is 0 Å². The van der Waals surface area contributed by atoms with Crippen molar-refractivity contribution in [3.8, 4) is 0 Å². The van der Waals surface area contributed by atoms with Gasteiger partial charge >= 0.3 is 0 Å². The molecule has 0 fully saturated rings. The van der Waals surface area contributed by atoms with Crippen LogP contribution >= 0.6 is 0 Å². The van der Waals surface area contributed by atoms with Gasteiger partial charge in [-0.2, -0.15) is 0 Å². The van der Waals surface area contributed by atoms with Gasteiger partial charge in [-0.25, -0.2) is 4.39 Å². The van der Waals surface area contributed by atoms with Crippen LogP contribution in [0.1, 0.15) is 25.8 Å². The highest BCUT2D eigenvalue weighted by atomic mass is 19.1. The number of hydrogen-bond donors (Lipinski definition) is 0. The zero-order valence-electron chi connectivity index (χ0n) is 8.63. The molecule has 1 aromatic rings. The average molecular weight is 190 g/mol. The summed E-state index contributed by atoms with van der Waals surface area (Å²) in [6, 6.07) is 6.49. The van der Waals surface area contributed by atoms with Gasteiger partial charge in [0.05, 0.1) is 0 Å². The van der Waals surface area contributed by atoms with E-state index in [-0.39, 0.29) is 5.82 Å². The van der Waals surface area contributed by atoms with Crippen LogP contribution in [-0.2, 0) is 0 Å². The van der Waals surface area contributed by atoms with Gasteiger partial charge in [-0.1, -0.05) is 35.9 Å². The summed E-state index contributed by atoms with van der Waals surface area (Å²) in [7, 11) is 0. The molecule has 0 unspecified atom stereocenters. The van der Waals surface area contributed by atoms with Crippen LogP contribution in [0.25, 0.3) is 6.08 Å². The van der Waals surface area contributed by atoms with E-state index < -0.39 is 0 Å². The zero-order valence-corrected chi connectivity index (χ0v) is 8.63. The van der Waals surface area contributed by atoms with Crippen molar-refractivity contribution in [2.24, 2.45) is 0 Å². The largest absolute Gasteiger partial charge is 0.207 e. The van der Waals surface area contributed by atoms with E-state index in [0.717, 1.165) is 12.0 Å². The van der Waals surface area contributed by atoms with E-state index in [4.69, 9.17) is 0 Å². The molecule has 0 aromatic heterocycles. The summed E-state index contributed by atoms with van der Waals surface area (Å²) >= 11 is 0. The van der Waals surface area contributed by atoms with Crippen molar-refractivity contribution in [1.82, 2.24) is 0 Å². The minimum absolute atomic E-state index is 0.188. The number of halogens is 1. The molecule has 0 nitrogen and oxygen atoms in total. The normalized spacial score (nSPS) is 10.5. The first-order valence-corrected chi connectivity index (χ1v) is 4.74. The van der Waals surface area contributed by atoms with Crippen LogP contribution in [0, 0.1) is 5.82 Å². The van der Waals surface area contributed by atoms with Crippen molar-refractivity contribution in [2.75, 3.05) is 0 Å². The van der Waals surface area contributed by atoms with Crippen molar-refractivity contribution >= 4 is 6.08 Å². The van der Waals surface area contributed by atoms with Crippen molar-refractivity contribution in [1.29, 1.82) is 0 Å². The highest BCUT2D eigenvalue weighted by Gasteiger charge is 1.87. The smallest absolute Gasteiger partial charge is 0.123 e. The third kappa shape index (κ3) is 4.04. The van der Waals surface area contributed by atoms with Crippen LogP contribution in [0.4, 0.5) is 4.39 Å². The molecule has 0 saturated heterocycles. The second-order valence-electron chi connectivity index (χ2n) is 3.47. The fourth-order valence-electron chi connectivity index (χ4n) is 1.08. The lowest BCUT2D eigenvalue weighted by molar-refractivity contribution is 0.628. The van der Waals surface area contributed by atoms with Crippen molar-refractivity contribution < 1.29 is 4.39 Å². The van der Waals surface area contributed by atoms with Crippen molar-refractivity contribution in [3.05, 3.63) is 53.4 Å². The molecule has 0 aliphatic carbocycles.